The summed E-state index contributed by atoms with van der Waals surface area (Å²) in [5.74, 6) is 0.329. The summed E-state index contributed by atoms with van der Waals surface area (Å²) in [6.07, 6.45) is 0. The zero-order valence-electron chi connectivity index (χ0n) is 13.2. The van der Waals surface area contributed by atoms with Gasteiger partial charge >= 0.3 is 0 Å². The lowest BCUT2D eigenvalue weighted by Crippen LogP contribution is -2.49. The number of rotatable bonds is 5. The molecule has 0 radical (unpaired) electrons. The smallest absolute Gasteiger partial charge is 0.257 e. The van der Waals surface area contributed by atoms with E-state index in [-0.39, 0.29) is 18.4 Å². The number of ether oxygens (including phenoxy) is 1. The molecule has 6 heteroatoms. The van der Waals surface area contributed by atoms with Gasteiger partial charge in [0.15, 0.2) is 0 Å². The van der Waals surface area contributed by atoms with E-state index in [0.717, 1.165) is 13.1 Å². The summed E-state index contributed by atoms with van der Waals surface area (Å²) in [4.78, 5) is 28.0. The Morgan fingerprint density at radius 3 is 2.64 bits per heavy atom. The predicted octanol–water partition coefficient (Wildman–Crippen LogP) is 0.589. The molecular formula is C16H23N3O3. The Balaban J connectivity index is 2.01. The van der Waals surface area contributed by atoms with E-state index in [2.05, 4.69) is 5.32 Å². The first-order valence-electron chi connectivity index (χ1n) is 7.59. The van der Waals surface area contributed by atoms with Gasteiger partial charge in [-0.1, -0.05) is 12.1 Å². The van der Waals surface area contributed by atoms with Gasteiger partial charge in [-0.05, 0) is 19.1 Å². The number of carbonyl (C=O) groups is 2. The van der Waals surface area contributed by atoms with Gasteiger partial charge < -0.3 is 19.9 Å². The molecule has 1 N–H and O–H groups in total. The van der Waals surface area contributed by atoms with E-state index in [9.17, 15) is 9.59 Å². The predicted molar refractivity (Wildman–Crippen MR) is 84.0 cm³/mol. The number of para-hydroxylation sites is 1. The molecule has 22 heavy (non-hydrogen) atoms. The number of amides is 2. The summed E-state index contributed by atoms with van der Waals surface area (Å²) >= 11 is 0. The Morgan fingerprint density at radius 2 is 1.95 bits per heavy atom. The molecule has 1 aromatic rings. The van der Waals surface area contributed by atoms with E-state index < -0.39 is 0 Å². The van der Waals surface area contributed by atoms with E-state index in [1.54, 1.807) is 30.1 Å². The van der Waals surface area contributed by atoms with E-state index in [1.165, 1.54) is 4.90 Å². The molecule has 1 aromatic carbocycles. The molecule has 1 heterocycles. The third kappa shape index (κ3) is 3.98. The fourth-order valence-electron chi connectivity index (χ4n) is 2.42. The van der Waals surface area contributed by atoms with Crippen molar-refractivity contribution in [1.29, 1.82) is 0 Å². The second-order valence-corrected chi connectivity index (χ2v) is 5.22. The van der Waals surface area contributed by atoms with E-state index in [0.29, 0.717) is 31.0 Å². The van der Waals surface area contributed by atoms with Gasteiger partial charge in [0, 0.05) is 33.2 Å². The molecule has 0 unspecified atom stereocenters. The van der Waals surface area contributed by atoms with Crippen LogP contribution in [0.4, 0.5) is 0 Å². The first-order chi connectivity index (χ1) is 10.6. The number of nitrogens with zero attached hydrogens (tertiary/aromatic N) is 2. The van der Waals surface area contributed by atoms with Gasteiger partial charge in [-0.2, -0.15) is 0 Å². The maximum absolute atomic E-state index is 12.5. The molecule has 2 amide bonds. The molecule has 0 atom stereocenters. The van der Waals surface area contributed by atoms with Crippen molar-refractivity contribution in [2.45, 2.75) is 6.92 Å². The second kappa shape index (κ2) is 7.79. The normalized spacial score (nSPS) is 14.5. The maximum atomic E-state index is 12.5. The number of hydrogen-bond donors (Lipinski definition) is 1. The lowest BCUT2D eigenvalue weighted by atomic mass is 10.1. The molecule has 0 saturated carbocycles. The topological polar surface area (TPSA) is 61.9 Å². The van der Waals surface area contributed by atoms with Gasteiger partial charge in [0.1, 0.15) is 5.75 Å². The van der Waals surface area contributed by atoms with Gasteiger partial charge in [-0.3, -0.25) is 9.59 Å². The largest absolute Gasteiger partial charge is 0.493 e. The van der Waals surface area contributed by atoms with Crippen LogP contribution < -0.4 is 10.1 Å². The highest BCUT2D eigenvalue weighted by atomic mass is 16.5. The number of piperazine rings is 1. The highest BCUT2D eigenvalue weighted by Gasteiger charge is 2.22. The third-order valence-electron chi connectivity index (χ3n) is 3.61. The van der Waals surface area contributed by atoms with Crippen LogP contribution in [0.15, 0.2) is 24.3 Å². The van der Waals surface area contributed by atoms with Crippen molar-refractivity contribution < 1.29 is 14.3 Å². The van der Waals surface area contributed by atoms with Crippen molar-refractivity contribution in [1.82, 2.24) is 15.1 Å². The molecule has 1 saturated heterocycles. The third-order valence-corrected chi connectivity index (χ3v) is 3.61. The molecule has 0 aromatic heterocycles. The van der Waals surface area contributed by atoms with E-state index in [4.69, 9.17) is 4.74 Å². The van der Waals surface area contributed by atoms with Crippen molar-refractivity contribution in [2.75, 3.05) is 46.4 Å². The monoisotopic (exact) mass is 305 g/mol. The van der Waals surface area contributed by atoms with Crippen LogP contribution in [0, 0.1) is 0 Å². The number of benzene rings is 1. The van der Waals surface area contributed by atoms with Crippen molar-refractivity contribution in [3.05, 3.63) is 29.8 Å². The number of likely N-dealkylation sites (N-methyl/N-ethyl adjacent to an activating group) is 1. The lowest BCUT2D eigenvalue weighted by Gasteiger charge is -2.29. The molecule has 0 bridgehead atoms. The number of hydrogen-bond acceptors (Lipinski definition) is 4. The van der Waals surface area contributed by atoms with Gasteiger partial charge in [-0.15, -0.1) is 0 Å². The number of carbonyl (C=O) groups excluding carboxylic acids is 2. The zero-order valence-corrected chi connectivity index (χ0v) is 13.2. The molecule has 6 nitrogen and oxygen atoms in total. The average molecular weight is 305 g/mol. The Kier molecular flexibility index (Phi) is 5.77. The van der Waals surface area contributed by atoms with Gasteiger partial charge in [0.05, 0.1) is 18.7 Å². The standard InChI is InChI=1S/C16H23N3O3/c1-3-22-14-7-5-4-6-13(14)16(21)18(2)12-15(20)19-10-8-17-9-11-19/h4-7,17H,3,8-12H2,1-2H3. The van der Waals surface area contributed by atoms with Crippen LogP contribution >= 0.6 is 0 Å². The van der Waals surface area contributed by atoms with Gasteiger partial charge in [0.2, 0.25) is 5.91 Å². The van der Waals surface area contributed by atoms with E-state index >= 15 is 0 Å². The highest BCUT2D eigenvalue weighted by Crippen LogP contribution is 2.19. The second-order valence-electron chi connectivity index (χ2n) is 5.22. The van der Waals surface area contributed by atoms with E-state index in [1.807, 2.05) is 13.0 Å². The molecule has 1 aliphatic rings. The summed E-state index contributed by atoms with van der Waals surface area (Å²) < 4.78 is 5.48. The summed E-state index contributed by atoms with van der Waals surface area (Å²) in [6.45, 7) is 5.44. The number of nitrogens with one attached hydrogen (secondary N) is 1. The fraction of sp³-hybridized carbons (Fsp3) is 0.500. The van der Waals surface area contributed by atoms with Crippen molar-refractivity contribution >= 4 is 11.8 Å². The van der Waals surface area contributed by atoms with Crippen LogP contribution in [0.2, 0.25) is 0 Å². The molecule has 2 rings (SSSR count). The van der Waals surface area contributed by atoms with Crippen LogP contribution in [0.25, 0.3) is 0 Å². The molecule has 120 valence electrons. The van der Waals surface area contributed by atoms with Crippen LogP contribution in [-0.2, 0) is 4.79 Å². The van der Waals surface area contributed by atoms with Gasteiger partial charge in [0.25, 0.3) is 5.91 Å². The van der Waals surface area contributed by atoms with Crippen LogP contribution in [0.1, 0.15) is 17.3 Å². The van der Waals surface area contributed by atoms with Crippen LogP contribution in [0.3, 0.4) is 0 Å². The summed E-state index contributed by atoms with van der Waals surface area (Å²) in [5.41, 5.74) is 0.486. The molecule has 0 aliphatic carbocycles. The SMILES string of the molecule is CCOc1ccccc1C(=O)N(C)CC(=O)N1CCNCC1. The maximum Gasteiger partial charge on any atom is 0.257 e. The minimum Gasteiger partial charge on any atom is -0.493 e. The molecular weight excluding hydrogens is 282 g/mol. The summed E-state index contributed by atoms with van der Waals surface area (Å²) in [6, 6.07) is 7.11. The van der Waals surface area contributed by atoms with Crippen LogP contribution in [0.5, 0.6) is 5.75 Å². The Labute approximate surface area is 131 Å². The lowest BCUT2D eigenvalue weighted by molar-refractivity contribution is -0.132. The Morgan fingerprint density at radius 1 is 1.27 bits per heavy atom. The quantitative estimate of drug-likeness (QED) is 0.865. The first-order valence-corrected chi connectivity index (χ1v) is 7.59. The highest BCUT2D eigenvalue weighted by molar-refractivity contribution is 5.98. The van der Waals surface area contributed by atoms with Crippen molar-refractivity contribution in [3.63, 3.8) is 0 Å². The van der Waals surface area contributed by atoms with Crippen molar-refractivity contribution in [3.8, 4) is 5.75 Å². The zero-order chi connectivity index (χ0) is 15.9. The summed E-state index contributed by atoms with van der Waals surface area (Å²) in [7, 11) is 1.64. The molecule has 1 aliphatic heterocycles. The molecule has 0 spiro atoms. The summed E-state index contributed by atoms with van der Waals surface area (Å²) in [5, 5.41) is 3.20. The first kappa shape index (κ1) is 16.3. The minimum absolute atomic E-state index is 0.0220. The molecule has 1 fully saturated rings. The van der Waals surface area contributed by atoms with Crippen LogP contribution in [-0.4, -0.2) is 68.0 Å². The minimum atomic E-state index is -0.201. The average Bonchev–Trinajstić information content (AvgIpc) is 2.55. The fourth-order valence-corrected chi connectivity index (χ4v) is 2.42. The Hall–Kier alpha value is -2.08. The van der Waals surface area contributed by atoms with Crippen molar-refractivity contribution in [2.24, 2.45) is 0 Å². The van der Waals surface area contributed by atoms with Gasteiger partial charge in [-0.25, -0.2) is 0 Å². The Bertz CT molecular complexity index is 527.